The summed E-state index contributed by atoms with van der Waals surface area (Å²) in [6.45, 7) is 2.81. The zero-order chi connectivity index (χ0) is 14.7. The van der Waals surface area contributed by atoms with Crippen molar-refractivity contribution in [2.24, 2.45) is 7.05 Å². The van der Waals surface area contributed by atoms with Crippen molar-refractivity contribution in [2.45, 2.75) is 45.6 Å². The molecule has 110 valence electrons. The highest BCUT2D eigenvalue weighted by Gasteiger charge is 2.14. The summed E-state index contributed by atoms with van der Waals surface area (Å²) in [6.07, 6.45) is 5.62. The molecule has 7 heteroatoms. The van der Waals surface area contributed by atoms with Crippen molar-refractivity contribution < 1.29 is 0 Å². The van der Waals surface area contributed by atoms with Crippen LogP contribution in [0.15, 0.2) is 9.59 Å². The maximum absolute atomic E-state index is 11.9. The van der Waals surface area contributed by atoms with Gasteiger partial charge in [0.15, 0.2) is 11.2 Å². The van der Waals surface area contributed by atoms with Crippen LogP contribution in [-0.4, -0.2) is 19.1 Å². The summed E-state index contributed by atoms with van der Waals surface area (Å²) in [4.78, 5) is 29.9. The number of hydrogen-bond donors (Lipinski definition) is 2. The molecule has 0 aromatic carbocycles. The summed E-state index contributed by atoms with van der Waals surface area (Å²) in [5.41, 5.74) is 5.67. The zero-order valence-electron chi connectivity index (χ0n) is 12.0. The Labute approximate surface area is 116 Å². The number of aryl methyl sites for hydroxylation is 2. The number of aromatic amines is 1. The lowest BCUT2D eigenvalue weighted by molar-refractivity contribution is 0.578. The van der Waals surface area contributed by atoms with Crippen LogP contribution in [0.1, 0.15) is 39.0 Å². The van der Waals surface area contributed by atoms with Gasteiger partial charge in [-0.1, -0.05) is 32.6 Å². The summed E-state index contributed by atoms with van der Waals surface area (Å²) >= 11 is 0. The van der Waals surface area contributed by atoms with E-state index in [0.717, 1.165) is 12.8 Å². The fraction of sp³-hybridized carbons (Fsp3) is 0.615. The normalized spacial score (nSPS) is 11.3. The first-order valence-corrected chi connectivity index (χ1v) is 7.01. The molecule has 2 heterocycles. The molecule has 0 aliphatic carbocycles. The first-order valence-electron chi connectivity index (χ1n) is 7.01. The third-order valence-corrected chi connectivity index (χ3v) is 3.52. The van der Waals surface area contributed by atoms with Gasteiger partial charge in [0, 0.05) is 13.6 Å². The highest BCUT2D eigenvalue weighted by atomic mass is 16.2. The predicted molar refractivity (Wildman–Crippen MR) is 78.8 cm³/mol. The minimum absolute atomic E-state index is 0.280. The number of imidazole rings is 1. The minimum Gasteiger partial charge on any atom is -0.369 e. The Morgan fingerprint density at radius 2 is 1.90 bits per heavy atom. The Balaban J connectivity index is 2.30. The van der Waals surface area contributed by atoms with E-state index in [1.165, 1.54) is 23.8 Å². The van der Waals surface area contributed by atoms with Gasteiger partial charge in [0.2, 0.25) is 5.95 Å². The monoisotopic (exact) mass is 279 g/mol. The van der Waals surface area contributed by atoms with Crippen molar-refractivity contribution in [3.63, 3.8) is 0 Å². The van der Waals surface area contributed by atoms with Gasteiger partial charge in [-0.05, 0) is 6.42 Å². The molecule has 0 saturated heterocycles. The minimum atomic E-state index is -0.477. The van der Waals surface area contributed by atoms with E-state index < -0.39 is 11.2 Å². The second kappa shape index (κ2) is 5.94. The smallest absolute Gasteiger partial charge is 0.329 e. The van der Waals surface area contributed by atoms with Crippen LogP contribution in [0.25, 0.3) is 11.2 Å². The average molecular weight is 279 g/mol. The van der Waals surface area contributed by atoms with E-state index >= 15 is 0 Å². The summed E-state index contributed by atoms with van der Waals surface area (Å²) < 4.78 is 3.00. The number of anilines is 1. The van der Waals surface area contributed by atoms with Crippen LogP contribution in [0.5, 0.6) is 0 Å². The number of hydrogen-bond acceptors (Lipinski definition) is 4. The van der Waals surface area contributed by atoms with E-state index in [-0.39, 0.29) is 5.95 Å². The molecule has 0 aliphatic rings. The van der Waals surface area contributed by atoms with Gasteiger partial charge in [-0.15, -0.1) is 0 Å². The number of nitrogens with two attached hydrogens (primary N) is 1. The SMILES string of the molecule is CCCCCCCn1c(N)nc2c1c(=O)[nH]c(=O)n2C. The summed E-state index contributed by atoms with van der Waals surface area (Å²) in [7, 11) is 1.57. The lowest BCUT2D eigenvalue weighted by Crippen LogP contribution is -2.29. The predicted octanol–water partition coefficient (Wildman–Crippen LogP) is 0.976. The van der Waals surface area contributed by atoms with Gasteiger partial charge in [-0.3, -0.25) is 14.3 Å². The van der Waals surface area contributed by atoms with Crippen molar-refractivity contribution in [3.05, 3.63) is 20.8 Å². The first-order chi connectivity index (χ1) is 9.56. The van der Waals surface area contributed by atoms with Crippen LogP contribution in [-0.2, 0) is 13.6 Å². The van der Waals surface area contributed by atoms with Crippen LogP contribution < -0.4 is 17.0 Å². The van der Waals surface area contributed by atoms with Crippen molar-refractivity contribution in [3.8, 4) is 0 Å². The van der Waals surface area contributed by atoms with E-state index in [9.17, 15) is 9.59 Å². The number of fused-ring (bicyclic) bond motifs is 1. The molecule has 0 fully saturated rings. The molecule has 0 aliphatic heterocycles. The largest absolute Gasteiger partial charge is 0.369 e. The number of rotatable bonds is 6. The third kappa shape index (κ3) is 2.61. The molecule has 2 aromatic heterocycles. The maximum atomic E-state index is 11.9. The zero-order valence-corrected chi connectivity index (χ0v) is 12.0. The van der Waals surface area contributed by atoms with Crippen LogP contribution in [0, 0.1) is 0 Å². The van der Waals surface area contributed by atoms with E-state index in [2.05, 4.69) is 16.9 Å². The molecule has 20 heavy (non-hydrogen) atoms. The molecule has 0 saturated carbocycles. The molecule has 0 spiro atoms. The topological polar surface area (TPSA) is 98.7 Å². The lowest BCUT2D eigenvalue weighted by Gasteiger charge is -2.05. The summed E-state index contributed by atoms with van der Waals surface area (Å²) in [5.74, 6) is 0.280. The van der Waals surface area contributed by atoms with Gasteiger partial charge in [0.05, 0.1) is 0 Å². The highest BCUT2D eigenvalue weighted by molar-refractivity contribution is 5.73. The van der Waals surface area contributed by atoms with Crippen molar-refractivity contribution >= 4 is 17.1 Å². The molecule has 2 aromatic rings. The van der Waals surface area contributed by atoms with Gasteiger partial charge in [-0.2, -0.15) is 4.98 Å². The fourth-order valence-corrected chi connectivity index (χ4v) is 2.35. The number of nitrogen functional groups attached to an aromatic ring is 1. The number of H-pyrrole nitrogens is 1. The fourth-order valence-electron chi connectivity index (χ4n) is 2.35. The number of unbranched alkanes of at least 4 members (excludes halogenated alkanes) is 4. The molecule has 2 rings (SSSR count). The Kier molecular flexibility index (Phi) is 4.26. The molecular formula is C13H21N5O2. The van der Waals surface area contributed by atoms with Crippen LogP contribution in [0.3, 0.4) is 0 Å². The molecule has 3 N–H and O–H groups in total. The van der Waals surface area contributed by atoms with Crippen molar-refractivity contribution in [1.82, 2.24) is 19.1 Å². The maximum Gasteiger partial charge on any atom is 0.329 e. The molecule has 0 unspecified atom stereocenters. The van der Waals surface area contributed by atoms with Crippen molar-refractivity contribution in [1.29, 1.82) is 0 Å². The summed E-state index contributed by atoms with van der Waals surface area (Å²) in [6, 6.07) is 0. The molecule has 0 bridgehead atoms. The Hall–Kier alpha value is -2.05. The second-order valence-electron chi connectivity index (χ2n) is 5.03. The molecule has 7 nitrogen and oxygen atoms in total. The molecule has 0 amide bonds. The van der Waals surface area contributed by atoms with E-state index in [0.29, 0.717) is 17.7 Å². The average Bonchev–Trinajstić information content (AvgIpc) is 2.74. The van der Waals surface area contributed by atoms with Gasteiger partial charge < -0.3 is 10.3 Å². The molecule has 0 atom stereocenters. The van der Waals surface area contributed by atoms with E-state index in [4.69, 9.17) is 5.73 Å². The highest BCUT2D eigenvalue weighted by Crippen LogP contribution is 2.14. The number of aromatic nitrogens is 4. The lowest BCUT2D eigenvalue weighted by atomic mass is 10.1. The number of nitrogens with zero attached hydrogens (tertiary/aromatic N) is 3. The quantitative estimate of drug-likeness (QED) is 0.770. The van der Waals surface area contributed by atoms with Crippen LogP contribution >= 0.6 is 0 Å². The number of nitrogens with one attached hydrogen (secondary N) is 1. The Morgan fingerprint density at radius 3 is 2.60 bits per heavy atom. The third-order valence-electron chi connectivity index (χ3n) is 3.52. The Bertz CT molecular complexity index is 710. The Morgan fingerprint density at radius 1 is 1.20 bits per heavy atom. The first kappa shape index (κ1) is 14.4. The summed E-state index contributed by atoms with van der Waals surface area (Å²) in [5, 5.41) is 0. The van der Waals surface area contributed by atoms with Crippen LogP contribution in [0.2, 0.25) is 0 Å². The van der Waals surface area contributed by atoms with Crippen LogP contribution in [0.4, 0.5) is 5.95 Å². The standard InChI is InChI=1S/C13H21N5O2/c1-3-4-5-6-7-8-18-9-10(15-12(18)14)17(2)13(20)16-11(9)19/h3-8H2,1-2H3,(H2,14,15)(H,16,19,20). The van der Waals surface area contributed by atoms with Gasteiger partial charge in [0.1, 0.15) is 0 Å². The van der Waals surface area contributed by atoms with E-state index in [1.807, 2.05) is 0 Å². The molecular weight excluding hydrogens is 258 g/mol. The van der Waals surface area contributed by atoms with Gasteiger partial charge in [-0.25, -0.2) is 4.79 Å². The van der Waals surface area contributed by atoms with E-state index in [1.54, 1.807) is 11.6 Å². The second-order valence-corrected chi connectivity index (χ2v) is 5.03. The van der Waals surface area contributed by atoms with Gasteiger partial charge in [0.25, 0.3) is 5.56 Å². The van der Waals surface area contributed by atoms with Crippen molar-refractivity contribution in [2.75, 3.05) is 5.73 Å². The molecule has 0 radical (unpaired) electrons. The van der Waals surface area contributed by atoms with Gasteiger partial charge >= 0.3 is 5.69 Å².